The van der Waals surface area contributed by atoms with Crippen molar-refractivity contribution in [2.24, 2.45) is 13.0 Å². The number of hydrogen-bond acceptors (Lipinski definition) is 4. The van der Waals surface area contributed by atoms with Crippen LogP contribution in [0.1, 0.15) is 53.0 Å². The normalized spacial score (nSPS) is 14.0. The molecular weight excluding hydrogens is 474 g/mol. The Morgan fingerprint density at radius 3 is 2.71 bits per heavy atom. The molecule has 1 aromatic heterocycles. The molecule has 0 bridgehead atoms. The van der Waals surface area contributed by atoms with Gasteiger partial charge in [-0.3, -0.25) is 9.59 Å². The van der Waals surface area contributed by atoms with Gasteiger partial charge in [0.25, 0.3) is 5.91 Å². The first-order valence-corrected chi connectivity index (χ1v) is 13.4. The monoisotopic (exact) mass is 513 g/mol. The Bertz CT molecular complexity index is 1480. The third kappa shape index (κ3) is 6.08. The standard InChI is InChI=1S/C32H39N3O3/c1-6-24(17-22(2)18-31(36)29-20-34(4)30-10-8-7-9-27(29)30)19-35-15-13-25-11-12-26(23(3)28(25)21-35)32(37)33-14-16-38-5/h7-13,17,20-21,24H,6,14-16,18-19H2,1-5H3,(H,33,37)/b22-17+. The van der Waals surface area contributed by atoms with Gasteiger partial charge in [-0.05, 0) is 49.1 Å². The first-order chi connectivity index (χ1) is 18.3. The molecule has 1 unspecified atom stereocenters. The predicted octanol–water partition coefficient (Wildman–Crippen LogP) is 3.94. The number of aryl methyl sites for hydroxylation is 1. The maximum Gasteiger partial charge on any atom is 0.251 e. The lowest BCUT2D eigenvalue weighted by Gasteiger charge is -2.26. The number of fused-ring (bicyclic) bond motifs is 2. The molecule has 0 saturated carbocycles. The zero-order valence-electron chi connectivity index (χ0n) is 23.2. The first kappa shape index (κ1) is 27.4. The van der Waals surface area contributed by atoms with Gasteiger partial charge in [-0.15, -0.1) is 0 Å². The van der Waals surface area contributed by atoms with Crippen LogP contribution in [0, 0.1) is 12.8 Å². The van der Waals surface area contributed by atoms with E-state index in [4.69, 9.17) is 4.74 Å². The number of carbonyl (C=O) groups excluding carboxylic acids is 2. The summed E-state index contributed by atoms with van der Waals surface area (Å²) in [5.41, 5.74) is 4.64. The maximum absolute atomic E-state index is 13.2. The average Bonchev–Trinajstić information content (AvgIpc) is 3.25. The van der Waals surface area contributed by atoms with Crippen LogP contribution >= 0.6 is 0 Å². The summed E-state index contributed by atoms with van der Waals surface area (Å²) in [4.78, 5) is 28.2. The number of aromatic nitrogens is 1. The Morgan fingerprint density at radius 2 is 1.95 bits per heavy atom. The van der Waals surface area contributed by atoms with Crippen LogP contribution in [0.5, 0.6) is 0 Å². The van der Waals surface area contributed by atoms with Crippen molar-refractivity contribution in [1.29, 1.82) is 0 Å². The third-order valence-electron chi connectivity index (χ3n) is 7.39. The zero-order valence-corrected chi connectivity index (χ0v) is 23.2. The molecule has 1 N–H and O–H groups in total. The Labute approximate surface area is 225 Å². The highest BCUT2D eigenvalue weighted by Gasteiger charge is 2.17. The van der Waals surface area contributed by atoms with Gasteiger partial charge in [0.05, 0.1) is 6.61 Å². The molecule has 0 spiro atoms. The van der Waals surface area contributed by atoms with E-state index < -0.39 is 0 Å². The molecule has 3 aromatic rings. The first-order valence-electron chi connectivity index (χ1n) is 13.4. The minimum Gasteiger partial charge on any atom is -0.383 e. The van der Waals surface area contributed by atoms with E-state index in [2.05, 4.69) is 42.4 Å². The van der Waals surface area contributed by atoms with Crippen molar-refractivity contribution in [2.75, 3.05) is 33.4 Å². The average molecular weight is 514 g/mol. The molecule has 1 aliphatic heterocycles. The number of carbonyl (C=O) groups is 2. The van der Waals surface area contributed by atoms with E-state index in [1.807, 2.05) is 61.1 Å². The summed E-state index contributed by atoms with van der Waals surface area (Å²) in [5, 5.41) is 6.19. The fraction of sp³-hybridized carbons (Fsp3) is 0.375. The number of ketones is 1. The van der Waals surface area contributed by atoms with Gasteiger partial charge in [0, 0.05) is 79.9 Å². The number of nitrogens with one attached hydrogen (secondary N) is 1. The fourth-order valence-electron chi connectivity index (χ4n) is 5.26. The molecule has 6 heteroatoms. The molecule has 2 heterocycles. The Hall–Kier alpha value is -3.64. The lowest BCUT2D eigenvalue weighted by Crippen LogP contribution is -2.40. The summed E-state index contributed by atoms with van der Waals surface area (Å²) in [6, 6.07) is 12.0. The summed E-state index contributed by atoms with van der Waals surface area (Å²) in [6.45, 7) is 8.92. The van der Waals surface area contributed by atoms with E-state index in [9.17, 15) is 9.59 Å². The van der Waals surface area contributed by atoms with Crippen LogP contribution in [0.25, 0.3) is 23.2 Å². The summed E-state index contributed by atoms with van der Waals surface area (Å²) in [6.07, 6.45) is 10.0. The molecule has 38 heavy (non-hydrogen) atoms. The van der Waals surface area contributed by atoms with Crippen molar-refractivity contribution >= 4 is 34.9 Å². The lowest BCUT2D eigenvalue weighted by molar-refractivity contribution is 0.0935. The van der Waals surface area contributed by atoms with Gasteiger partial charge >= 0.3 is 0 Å². The number of nitrogens with zero attached hydrogens (tertiary/aromatic N) is 2. The van der Waals surface area contributed by atoms with E-state index in [0.29, 0.717) is 31.1 Å². The molecule has 1 amide bonds. The molecule has 1 atom stereocenters. The molecule has 200 valence electrons. The van der Waals surface area contributed by atoms with Crippen LogP contribution in [0.3, 0.4) is 0 Å². The van der Waals surface area contributed by atoms with Gasteiger partial charge in [-0.25, -0.2) is 0 Å². The summed E-state index contributed by atoms with van der Waals surface area (Å²) >= 11 is 0. The molecule has 0 fully saturated rings. The van der Waals surface area contributed by atoms with Gasteiger partial charge < -0.3 is 19.5 Å². The quantitative estimate of drug-likeness (QED) is 0.240. The summed E-state index contributed by atoms with van der Waals surface area (Å²) < 4.78 is 7.06. The number of ether oxygens (including phenoxy) is 1. The van der Waals surface area contributed by atoms with Crippen LogP contribution in [-0.2, 0) is 11.8 Å². The van der Waals surface area contributed by atoms with Crippen molar-refractivity contribution in [3.8, 4) is 0 Å². The number of methoxy groups -OCH3 is 1. The van der Waals surface area contributed by atoms with Gasteiger partial charge in [0.1, 0.15) is 0 Å². The highest BCUT2D eigenvalue weighted by Crippen LogP contribution is 2.23. The number of para-hydroxylation sites is 1. The Kier molecular flexibility index (Phi) is 8.85. The minimum absolute atomic E-state index is 0.0753. The highest BCUT2D eigenvalue weighted by molar-refractivity contribution is 6.08. The molecule has 0 aliphatic carbocycles. The molecule has 1 aliphatic rings. The van der Waals surface area contributed by atoms with E-state index in [1.54, 1.807) is 7.11 Å². The number of hydrogen-bond donors (Lipinski definition) is 1. The zero-order chi connectivity index (χ0) is 27.2. The molecular formula is C32H39N3O3. The maximum atomic E-state index is 13.2. The number of Topliss-reactive ketones (excluding diaryl/α,β-unsaturated/α-hetero) is 1. The predicted molar refractivity (Wildman–Crippen MR) is 155 cm³/mol. The van der Waals surface area contributed by atoms with Crippen molar-refractivity contribution in [3.63, 3.8) is 0 Å². The number of allylic oxidation sites excluding steroid dienone is 1. The second-order valence-corrected chi connectivity index (χ2v) is 10.2. The van der Waals surface area contributed by atoms with E-state index in [-0.39, 0.29) is 11.7 Å². The number of amides is 1. The SMILES string of the molecule is CCC(/C=C(\C)CC(=O)c1cn(C)c2ccccc12)CN1C=c2c(C)c(C(=O)NCCOC)ccc2=CC1. The third-order valence-corrected chi connectivity index (χ3v) is 7.39. The number of rotatable bonds is 11. The topological polar surface area (TPSA) is 63.6 Å². The minimum atomic E-state index is -0.0753. The van der Waals surface area contributed by atoms with Crippen molar-refractivity contribution in [1.82, 2.24) is 14.8 Å². The highest BCUT2D eigenvalue weighted by atomic mass is 16.5. The van der Waals surface area contributed by atoms with E-state index in [1.165, 1.54) is 0 Å². The largest absolute Gasteiger partial charge is 0.383 e. The summed E-state index contributed by atoms with van der Waals surface area (Å²) in [7, 11) is 3.61. The molecule has 6 nitrogen and oxygen atoms in total. The Balaban J connectivity index is 1.47. The van der Waals surface area contributed by atoms with Gasteiger partial charge in [0.15, 0.2) is 5.78 Å². The van der Waals surface area contributed by atoms with Crippen molar-refractivity contribution < 1.29 is 14.3 Å². The molecule has 0 saturated heterocycles. The van der Waals surface area contributed by atoms with Crippen LogP contribution in [0.15, 0.2) is 54.2 Å². The van der Waals surface area contributed by atoms with E-state index >= 15 is 0 Å². The smallest absolute Gasteiger partial charge is 0.251 e. The molecule has 4 rings (SSSR count). The second-order valence-electron chi connectivity index (χ2n) is 10.2. The van der Waals surface area contributed by atoms with Crippen LogP contribution in [-0.4, -0.2) is 54.5 Å². The molecule has 0 radical (unpaired) electrons. The van der Waals surface area contributed by atoms with Crippen LogP contribution in [0.4, 0.5) is 0 Å². The van der Waals surface area contributed by atoms with Crippen LogP contribution in [0.2, 0.25) is 0 Å². The Morgan fingerprint density at radius 1 is 1.16 bits per heavy atom. The van der Waals surface area contributed by atoms with Crippen molar-refractivity contribution in [3.05, 3.63) is 81.4 Å². The second kappa shape index (κ2) is 12.3. The fourth-order valence-corrected chi connectivity index (χ4v) is 5.26. The van der Waals surface area contributed by atoms with Gasteiger partial charge in [0.2, 0.25) is 0 Å². The van der Waals surface area contributed by atoms with Crippen LogP contribution < -0.4 is 15.8 Å². The van der Waals surface area contributed by atoms with E-state index in [0.717, 1.165) is 57.6 Å². The summed E-state index contributed by atoms with van der Waals surface area (Å²) in [5.74, 6) is 0.403. The molecule has 2 aromatic carbocycles. The lowest BCUT2D eigenvalue weighted by atomic mass is 9.97. The van der Waals surface area contributed by atoms with Gasteiger partial charge in [-0.1, -0.05) is 48.9 Å². The van der Waals surface area contributed by atoms with Crippen molar-refractivity contribution in [2.45, 2.75) is 33.6 Å². The van der Waals surface area contributed by atoms with Gasteiger partial charge in [-0.2, -0.15) is 0 Å². The number of benzene rings is 2.